The van der Waals surface area contributed by atoms with E-state index in [0.29, 0.717) is 36.6 Å². The smallest absolute Gasteiger partial charge is 0.460 e. The molecule has 0 aliphatic heterocycles. The lowest BCUT2D eigenvalue weighted by atomic mass is 9.88. The number of alkyl halides is 17. The highest BCUT2D eigenvalue weighted by molar-refractivity contribution is 5.27. The Kier molecular flexibility index (Phi) is 11.9. The molecule has 2 aromatic heterocycles. The van der Waals surface area contributed by atoms with Crippen molar-refractivity contribution in [3.05, 3.63) is 90.0 Å². The van der Waals surface area contributed by atoms with Crippen LogP contribution >= 0.6 is 0 Å². The number of aromatic nitrogens is 2. The third-order valence-corrected chi connectivity index (χ3v) is 7.24. The highest BCUT2D eigenvalue weighted by Gasteiger charge is 2.95. The predicted molar refractivity (Wildman–Crippen MR) is 143 cm³/mol. The average Bonchev–Trinajstić information content (AvgIpc) is 3.03. The molecule has 3 rings (SSSR count). The highest BCUT2D eigenvalue weighted by Crippen LogP contribution is 2.64. The van der Waals surface area contributed by atoms with Gasteiger partial charge in [0, 0.05) is 38.4 Å². The predicted octanol–water partition coefficient (Wildman–Crippen LogP) is 9.85. The first-order chi connectivity index (χ1) is 23.2. The molecule has 1 aromatic carbocycles. The maximum Gasteiger partial charge on any atom is 0.460 e. The van der Waals surface area contributed by atoms with Crippen LogP contribution in [0.5, 0.6) is 5.75 Å². The molecule has 2 heterocycles. The van der Waals surface area contributed by atoms with E-state index in [9.17, 15) is 74.6 Å². The lowest BCUT2D eigenvalue weighted by Gasteiger charge is -2.42. The molecule has 0 N–H and O–H groups in total. The summed E-state index contributed by atoms with van der Waals surface area (Å²) < 4.78 is 234. The second kappa shape index (κ2) is 14.6. The number of hydrogen-bond donors (Lipinski definition) is 0. The second-order valence-electron chi connectivity index (χ2n) is 11.0. The fourth-order valence-electron chi connectivity index (χ4n) is 4.40. The number of halogens is 17. The Hall–Kier alpha value is -3.91. The van der Waals surface area contributed by atoms with E-state index in [1.807, 2.05) is 4.90 Å². The summed E-state index contributed by atoms with van der Waals surface area (Å²) in [6, 6.07) is 16.1. The zero-order chi connectivity index (χ0) is 38.7. The Balaban J connectivity index is 1.66. The summed E-state index contributed by atoms with van der Waals surface area (Å²) in [6.07, 6.45) is -8.57. The quantitative estimate of drug-likeness (QED) is 0.101. The van der Waals surface area contributed by atoms with E-state index >= 15 is 0 Å². The van der Waals surface area contributed by atoms with Gasteiger partial charge in [-0.25, -0.2) is 0 Å². The lowest BCUT2D eigenvalue weighted by molar-refractivity contribution is -0.461. The van der Waals surface area contributed by atoms with Crippen LogP contribution in [-0.2, 0) is 19.6 Å². The zero-order valence-electron chi connectivity index (χ0n) is 25.3. The van der Waals surface area contributed by atoms with Gasteiger partial charge in [0.15, 0.2) is 0 Å². The van der Waals surface area contributed by atoms with Crippen LogP contribution in [-0.4, -0.2) is 69.1 Å². The standard InChI is InChI=1S/C30H24F17N3O/c31-23(32,24(33,34)25(35,36)26(37,38)27(39,40)28(41,42)29(43,44)30(45,46)47)12-5-15-51-22-10-8-19(9-11-22)16-50(17-20-6-1-3-13-48-20)18-21-7-2-4-14-49-21/h1-4,6-11,13-14H,5,12,15-18H2. The third kappa shape index (κ3) is 8.11. The van der Waals surface area contributed by atoms with Gasteiger partial charge in [-0.2, -0.15) is 74.6 Å². The van der Waals surface area contributed by atoms with Crippen LogP contribution in [0.4, 0.5) is 74.6 Å². The van der Waals surface area contributed by atoms with Crippen LogP contribution in [0.15, 0.2) is 73.1 Å². The van der Waals surface area contributed by atoms with Gasteiger partial charge >= 0.3 is 47.6 Å². The normalized spacial score (nSPS) is 14.2. The minimum absolute atomic E-state index is 0.112. The fraction of sp³-hybridized carbons (Fsp3) is 0.467. The molecule has 284 valence electrons. The Morgan fingerprint density at radius 1 is 0.490 bits per heavy atom. The van der Waals surface area contributed by atoms with Crippen LogP contribution < -0.4 is 4.74 Å². The summed E-state index contributed by atoms with van der Waals surface area (Å²) >= 11 is 0. The second-order valence-corrected chi connectivity index (χ2v) is 11.0. The van der Waals surface area contributed by atoms with Gasteiger partial charge in [0.05, 0.1) is 18.0 Å². The summed E-state index contributed by atoms with van der Waals surface area (Å²) in [6.45, 7) is 0.0239. The number of benzene rings is 1. The molecular formula is C30H24F17N3O. The topological polar surface area (TPSA) is 38.2 Å². The van der Waals surface area contributed by atoms with E-state index in [1.165, 1.54) is 24.3 Å². The van der Waals surface area contributed by atoms with Gasteiger partial charge < -0.3 is 4.74 Å². The molecule has 51 heavy (non-hydrogen) atoms. The monoisotopic (exact) mass is 765 g/mol. The molecule has 0 saturated heterocycles. The van der Waals surface area contributed by atoms with E-state index in [1.54, 1.807) is 48.8 Å². The minimum Gasteiger partial charge on any atom is -0.494 e. The Bertz CT molecular complexity index is 1510. The van der Waals surface area contributed by atoms with E-state index in [2.05, 4.69) is 9.97 Å². The van der Waals surface area contributed by atoms with Gasteiger partial charge in [0.2, 0.25) is 0 Å². The Labute approximate surface area is 277 Å². The maximum absolute atomic E-state index is 14.2. The van der Waals surface area contributed by atoms with Crippen molar-refractivity contribution >= 4 is 0 Å². The minimum atomic E-state index is -8.65. The highest BCUT2D eigenvalue weighted by atomic mass is 19.4. The largest absolute Gasteiger partial charge is 0.494 e. The van der Waals surface area contributed by atoms with Crippen molar-refractivity contribution in [2.75, 3.05) is 6.61 Å². The zero-order valence-corrected chi connectivity index (χ0v) is 25.3. The number of hydrogen-bond acceptors (Lipinski definition) is 4. The maximum atomic E-state index is 14.2. The summed E-state index contributed by atoms with van der Waals surface area (Å²) in [5, 5.41) is 0. The molecule has 0 amide bonds. The Morgan fingerprint density at radius 3 is 1.33 bits per heavy atom. The molecule has 0 saturated carbocycles. The first kappa shape index (κ1) is 41.5. The van der Waals surface area contributed by atoms with Gasteiger partial charge in [-0.1, -0.05) is 24.3 Å². The van der Waals surface area contributed by atoms with Crippen LogP contribution in [0.2, 0.25) is 0 Å². The molecule has 21 heteroatoms. The summed E-state index contributed by atoms with van der Waals surface area (Å²) in [5.41, 5.74) is 2.08. The van der Waals surface area contributed by atoms with Crippen molar-refractivity contribution in [2.45, 2.75) is 80.1 Å². The van der Waals surface area contributed by atoms with Crippen LogP contribution in [0.3, 0.4) is 0 Å². The Morgan fingerprint density at radius 2 is 0.922 bits per heavy atom. The van der Waals surface area contributed by atoms with Crippen LogP contribution in [0.25, 0.3) is 0 Å². The molecule has 4 nitrogen and oxygen atoms in total. The SMILES string of the molecule is FC(F)(F)C(F)(F)C(F)(F)C(F)(F)C(F)(F)C(F)(F)C(F)(F)C(F)(F)CCCOc1ccc(CN(Cc2ccccn2)Cc2ccccn2)cc1. The number of pyridine rings is 2. The molecule has 0 bridgehead atoms. The number of nitrogens with zero attached hydrogens (tertiary/aromatic N) is 3. The molecule has 0 atom stereocenters. The molecule has 3 aromatic rings. The molecular weight excluding hydrogens is 741 g/mol. The van der Waals surface area contributed by atoms with E-state index in [0.717, 1.165) is 0 Å². The summed E-state index contributed by atoms with van der Waals surface area (Å²) in [4.78, 5) is 10.5. The van der Waals surface area contributed by atoms with E-state index in [4.69, 9.17) is 4.74 Å². The van der Waals surface area contributed by atoms with Gasteiger partial charge in [0.25, 0.3) is 0 Å². The van der Waals surface area contributed by atoms with Crippen molar-refractivity contribution in [2.24, 2.45) is 0 Å². The van der Waals surface area contributed by atoms with Crippen LogP contribution in [0, 0.1) is 0 Å². The van der Waals surface area contributed by atoms with Gasteiger partial charge in [-0.05, 0) is 48.4 Å². The number of ether oxygens (including phenoxy) is 1. The van der Waals surface area contributed by atoms with E-state index in [-0.39, 0.29) is 5.75 Å². The number of rotatable bonds is 17. The van der Waals surface area contributed by atoms with Crippen molar-refractivity contribution in [3.8, 4) is 5.75 Å². The average molecular weight is 766 g/mol. The van der Waals surface area contributed by atoms with Crippen molar-refractivity contribution < 1.29 is 79.4 Å². The molecule has 0 unspecified atom stereocenters. The van der Waals surface area contributed by atoms with Gasteiger partial charge in [-0.3, -0.25) is 14.9 Å². The van der Waals surface area contributed by atoms with Gasteiger partial charge in [0.1, 0.15) is 5.75 Å². The van der Waals surface area contributed by atoms with Crippen molar-refractivity contribution in [1.29, 1.82) is 0 Å². The molecule has 0 spiro atoms. The molecule has 0 aliphatic rings. The molecule has 0 aliphatic carbocycles. The first-order valence-electron chi connectivity index (χ1n) is 14.2. The summed E-state index contributed by atoms with van der Waals surface area (Å²) in [7, 11) is 0. The summed E-state index contributed by atoms with van der Waals surface area (Å²) in [5.74, 6) is -56.5. The fourth-order valence-corrected chi connectivity index (χ4v) is 4.40. The lowest BCUT2D eigenvalue weighted by Crippen LogP contribution is -2.74. The van der Waals surface area contributed by atoms with Crippen molar-refractivity contribution in [1.82, 2.24) is 14.9 Å². The van der Waals surface area contributed by atoms with Crippen LogP contribution in [0.1, 0.15) is 29.8 Å². The van der Waals surface area contributed by atoms with Gasteiger partial charge in [-0.15, -0.1) is 0 Å². The van der Waals surface area contributed by atoms with Crippen molar-refractivity contribution in [3.63, 3.8) is 0 Å². The molecule has 0 fully saturated rings. The third-order valence-electron chi connectivity index (χ3n) is 7.24. The first-order valence-corrected chi connectivity index (χ1v) is 14.2. The van der Waals surface area contributed by atoms with E-state index < -0.39 is 67.1 Å². The molecule has 0 radical (unpaired) electrons.